The van der Waals surface area contributed by atoms with E-state index in [9.17, 15) is 5.11 Å². The molecule has 2 N–H and O–H groups in total. The first-order valence-electron chi connectivity index (χ1n) is 9.07. The predicted octanol–water partition coefficient (Wildman–Crippen LogP) is 3.46. The lowest BCUT2D eigenvalue weighted by atomic mass is 10.1. The number of aromatic amines is 1. The molecular formula is C21H23ClN2O3. The first kappa shape index (κ1) is 18.3. The van der Waals surface area contributed by atoms with Crippen molar-refractivity contribution in [2.24, 2.45) is 0 Å². The van der Waals surface area contributed by atoms with Crippen LogP contribution in [0.25, 0.3) is 10.9 Å². The molecule has 1 atom stereocenters. The number of aromatic nitrogens is 1. The normalized spacial score (nSPS) is 21.3. The minimum Gasteiger partial charge on any atom is -0.490 e. The molecule has 142 valence electrons. The minimum atomic E-state index is -1.06. The molecule has 0 radical (unpaired) electrons. The summed E-state index contributed by atoms with van der Waals surface area (Å²) in [4.78, 5) is 5.43. The molecular weight excluding hydrogens is 364 g/mol. The largest absolute Gasteiger partial charge is 0.490 e. The molecule has 27 heavy (non-hydrogen) atoms. The number of fused-ring (bicyclic) bond motifs is 1. The first-order valence-corrected chi connectivity index (χ1v) is 9.44. The summed E-state index contributed by atoms with van der Waals surface area (Å²) < 4.78 is 11.4. The molecule has 0 aliphatic carbocycles. The van der Waals surface area contributed by atoms with Crippen molar-refractivity contribution in [2.45, 2.75) is 12.1 Å². The van der Waals surface area contributed by atoms with Crippen LogP contribution in [0.3, 0.4) is 0 Å². The molecule has 0 spiro atoms. The topological polar surface area (TPSA) is 57.7 Å². The van der Waals surface area contributed by atoms with Gasteiger partial charge in [0.2, 0.25) is 0 Å². The van der Waals surface area contributed by atoms with Gasteiger partial charge in [-0.15, -0.1) is 0 Å². The van der Waals surface area contributed by atoms with Crippen LogP contribution in [-0.2, 0) is 11.3 Å². The highest BCUT2D eigenvalue weighted by atomic mass is 35.5. The van der Waals surface area contributed by atoms with E-state index < -0.39 is 5.60 Å². The fraction of sp³-hybridized carbons (Fsp3) is 0.333. The number of β-amino-alcohol motifs (C(OH)–C–C–N with tert-alkyl or cyclic N) is 1. The maximum Gasteiger partial charge on any atom is 0.134 e. The van der Waals surface area contributed by atoms with Crippen LogP contribution in [0.4, 0.5) is 0 Å². The van der Waals surface area contributed by atoms with Gasteiger partial charge >= 0.3 is 0 Å². The summed E-state index contributed by atoms with van der Waals surface area (Å²) in [5.74, 6) is 0.682. The van der Waals surface area contributed by atoms with Gasteiger partial charge in [-0.1, -0.05) is 17.7 Å². The van der Waals surface area contributed by atoms with E-state index >= 15 is 0 Å². The maximum absolute atomic E-state index is 11.0. The van der Waals surface area contributed by atoms with Gasteiger partial charge in [0.25, 0.3) is 0 Å². The van der Waals surface area contributed by atoms with Crippen molar-refractivity contribution in [3.63, 3.8) is 0 Å². The molecule has 5 nitrogen and oxygen atoms in total. The molecule has 1 aliphatic heterocycles. The average molecular weight is 387 g/mol. The minimum absolute atomic E-state index is 0.169. The van der Waals surface area contributed by atoms with Crippen molar-refractivity contribution in [1.29, 1.82) is 0 Å². The molecule has 6 heteroatoms. The number of rotatable bonds is 5. The van der Waals surface area contributed by atoms with E-state index in [2.05, 4.69) is 34.1 Å². The number of halogens is 1. The number of hydrogen-bond donors (Lipinski definition) is 2. The van der Waals surface area contributed by atoms with Gasteiger partial charge in [0, 0.05) is 36.4 Å². The maximum atomic E-state index is 11.0. The van der Waals surface area contributed by atoms with Crippen molar-refractivity contribution in [3.8, 4) is 5.75 Å². The zero-order chi connectivity index (χ0) is 18.7. The molecule has 0 saturated carbocycles. The van der Waals surface area contributed by atoms with Gasteiger partial charge in [-0.2, -0.15) is 0 Å². The summed E-state index contributed by atoms with van der Waals surface area (Å²) in [5, 5.41) is 12.9. The fourth-order valence-electron chi connectivity index (χ4n) is 3.43. The van der Waals surface area contributed by atoms with E-state index in [1.165, 1.54) is 10.9 Å². The van der Waals surface area contributed by atoms with Crippen LogP contribution >= 0.6 is 11.6 Å². The molecule has 3 aromatic rings. The highest BCUT2D eigenvalue weighted by Gasteiger charge is 2.33. The van der Waals surface area contributed by atoms with Crippen LogP contribution in [0.1, 0.15) is 5.56 Å². The lowest BCUT2D eigenvalue weighted by Crippen LogP contribution is -2.48. The van der Waals surface area contributed by atoms with E-state index in [1.807, 2.05) is 6.20 Å². The number of aliphatic hydroxyl groups is 1. The molecule has 0 unspecified atom stereocenters. The van der Waals surface area contributed by atoms with Crippen molar-refractivity contribution < 1.29 is 14.6 Å². The van der Waals surface area contributed by atoms with Gasteiger partial charge in [-0.25, -0.2) is 0 Å². The van der Waals surface area contributed by atoms with E-state index in [0.717, 1.165) is 18.6 Å². The zero-order valence-electron chi connectivity index (χ0n) is 15.0. The molecule has 2 aromatic carbocycles. The van der Waals surface area contributed by atoms with Crippen molar-refractivity contribution in [3.05, 3.63) is 65.3 Å². The third kappa shape index (κ3) is 4.62. The fourth-order valence-corrected chi connectivity index (χ4v) is 3.55. The third-order valence-corrected chi connectivity index (χ3v) is 5.04. The summed E-state index contributed by atoms with van der Waals surface area (Å²) >= 11 is 5.90. The molecule has 0 amide bonds. The molecule has 0 bridgehead atoms. The smallest absolute Gasteiger partial charge is 0.134 e. The lowest BCUT2D eigenvalue weighted by Gasteiger charge is -2.30. The number of nitrogens with one attached hydrogen (secondary N) is 1. The lowest BCUT2D eigenvalue weighted by molar-refractivity contribution is -0.0646. The summed E-state index contributed by atoms with van der Waals surface area (Å²) in [6, 6.07) is 15.6. The Morgan fingerprint density at radius 2 is 2.04 bits per heavy atom. The van der Waals surface area contributed by atoms with Crippen molar-refractivity contribution in [1.82, 2.24) is 9.88 Å². The Hall–Kier alpha value is -2.05. The number of H-pyrrole nitrogens is 1. The van der Waals surface area contributed by atoms with E-state index in [0.29, 0.717) is 23.9 Å². The Morgan fingerprint density at radius 3 is 2.89 bits per heavy atom. The van der Waals surface area contributed by atoms with Crippen LogP contribution < -0.4 is 4.74 Å². The highest BCUT2D eigenvalue weighted by molar-refractivity contribution is 6.30. The van der Waals surface area contributed by atoms with Gasteiger partial charge in [0.05, 0.1) is 13.2 Å². The second-order valence-corrected chi connectivity index (χ2v) is 7.57. The number of benzene rings is 2. The van der Waals surface area contributed by atoms with Crippen molar-refractivity contribution in [2.75, 3.05) is 32.9 Å². The first-order chi connectivity index (χ1) is 13.1. The highest BCUT2D eigenvalue weighted by Crippen LogP contribution is 2.21. The predicted molar refractivity (Wildman–Crippen MR) is 106 cm³/mol. The SMILES string of the molecule is O[C@@]1(COc2ccc(Cl)cc2)COCCN(Cc2ccc3[nH]ccc3c2)C1. The molecule has 1 fully saturated rings. The summed E-state index contributed by atoms with van der Waals surface area (Å²) in [7, 11) is 0. The summed E-state index contributed by atoms with van der Waals surface area (Å²) in [6.45, 7) is 3.04. The monoisotopic (exact) mass is 386 g/mol. The summed E-state index contributed by atoms with van der Waals surface area (Å²) in [6.07, 6.45) is 1.95. The Morgan fingerprint density at radius 1 is 1.19 bits per heavy atom. The Labute approximate surface area is 163 Å². The van der Waals surface area contributed by atoms with E-state index in [-0.39, 0.29) is 13.2 Å². The van der Waals surface area contributed by atoms with Crippen LogP contribution in [0, 0.1) is 0 Å². The van der Waals surface area contributed by atoms with Gasteiger partial charge in [-0.3, -0.25) is 4.90 Å². The van der Waals surface area contributed by atoms with E-state index in [1.54, 1.807) is 24.3 Å². The van der Waals surface area contributed by atoms with Crippen LogP contribution in [-0.4, -0.2) is 53.5 Å². The Bertz CT molecular complexity index is 896. The second kappa shape index (κ2) is 7.90. The zero-order valence-corrected chi connectivity index (χ0v) is 15.8. The van der Waals surface area contributed by atoms with Crippen LogP contribution in [0.2, 0.25) is 5.02 Å². The van der Waals surface area contributed by atoms with Crippen LogP contribution in [0.15, 0.2) is 54.7 Å². The second-order valence-electron chi connectivity index (χ2n) is 7.13. The molecule has 4 rings (SSSR count). The third-order valence-electron chi connectivity index (χ3n) is 4.79. The quantitative estimate of drug-likeness (QED) is 0.705. The van der Waals surface area contributed by atoms with E-state index in [4.69, 9.17) is 21.1 Å². The summed E-state index contributed by atoms with van der Waals surface area (Å²) in [5.41, 5.74) is 1.28. The average Bonchev–Trinajstić information content (AvgIpc) is 3.04. The molecule has 1 aromatic heterocycles. The van der Waals surface area contributed by atoms with Gasteiger partial charge < -0.3 is 19.6 Å². The van der Waals surface area contributed by atoms with Gasteiger partial charge in [-0.05, 0) is 53.4 Å². The number of hydrogen-bond acceptors (Lipinski definition) is 4. The molecule has 2 heterocycles. The van der Waals surface area contributed by atoms with Crippen LogP contribution in [0.5, 0.6) is 5.75 Å². The standard InChI is InChI=1S/C21H23ClN2O3/c22-18-2-4-19(5-3-18)27-15-21(25)13-24(9-10-26-14-21)12-16-1-6-20-17(11-16)7-8-23-20/h1-8,11,23,25H,9-10,12-15H2/t21-/m1/s1. The molecule has 1 saturated heterocycles. The number of nitrogens with zero attached hydrogens (tertiary/aromatic N) is 1. The van der Waals surface area contributed by atoms with Crippen molar-refractivity contribution >= 4 is 22.5 Å². The molecule has 1 aliphatic rings. The van der Waals surface area contributed by atoms with Gasteiger partial charge in [0.1, 0.15) is 18.0 Å². The number of ether oxygens (including phenoxy) is 2. The Kier molecular flexibility index (Phi) is 5.36. The Balaban J connectivity index is 1.41. The van der Waals surface area contributed by atoms with Gasteiger partial charge in [0.15, 0.2) is 0 Å².